The minimum Gasteiger partial charge on any atom is -0.362 e. The van der Waals surface area contributed by atoms with Gasteiger partial charge in [0.1, 0.15) is 0 Å². The van der Waals surface area contributed by atoms with Gasteiger partial charge in [0.05, 0.1) is 6.54 Å². The molecule has 1 aliphatic heterocycles. The predicted molar refractivity (Wildman–Crippen MR) is 71.7 cm³/mol. The van der Waals surface area contributed by atoms with E-state index >= 15 is 0 Å². The van der Waals surface area contributed by atoms with Crippen LogP contribution in [0.2, 0.25) is 0 Å². The molecule has 0 saturated carbocycles. The third kappa shape index (κ3) is 2.36. The molecule has 0 amide bonds. The highest BCUT2D eigenvalue weighted by Crippen LogP contribution is 2.30. The molecule has 2 rings (SSSR count). The molecule has 0 unspecified atom stereocenters. The molecule has 2 heteroatoms. The molecule has 0 bridgehead atoms. The quantitative estimate of drug-likeness (QED) is 0.779. The second kappa shape index (κ2) is 4.52. The number of anilines is 1. The van der Waals surface area contributed by atoms with Crippen LogP contribution in [0.15, 0.2) is 18.2 Å². The van der Waals surface area contributed by atoms with Gasteiger partial charge in [-0.25, -0.2) is 0 Å². The lowest BCUT2D eigenvalue weighted by Crippen LogP contribution is -2.40. The Balaban J connectivity index is 2.46. The summed E-state index contributed by atoms with van der Waals surface area (Å²) in [6.07, 6.45) is 0.594. The van der Waals surface area contributed by atoms with E-state index in [1.165, 1.54) is 16.8 Å². The van der Waals surface area contributed by atoms with Crippen LogP contribution in [-0.2, 0) is 11.2 Å². The number of benzene rings is 1. The zero-order chi connectivity index (χ0) is 12.6. The molecule has 0 atom stereocenters. The van der Waals surface area contributed by atoms with Crippen molar-refractivity contribution in [2.24, 2.45) is 0 Å². The summed E-state index contributed by atoms with van der Waals surface area (Å²) in [6.45, 7) is 9.26. The minimum atomic E-state index is 0.323. The Labute approximate surface area is 104 Å². The van der Waals surface area contributed by atoms with Crippen LogP contribution in [0.25, 0.3) is 0 Å². The van der Waals surface area contributed by atoms with E-state index in [0.29, 0.717) is 30.7 Å². The van der Waals surface area contributed by atoms with Gasteiger partial charge in [-0.1, -0.05) is 26.0 Å². The monoisotopic (exact) mass is 231 g/mol. The molecular weight excluding hydrogens is 210 g/mol. The van der Waals surface area contributed by atoms with Crippen molar-refractivity contribution in [3.63, 3.8) is 0 Å². The van der Waals surface area contributed by atoms with Crippen LogP contribution in [0, 0.1) is 0 Å². The summed E-state index contributed by atoms with van der Waals surface area (Å²) in [5.74, 6) is 0.857. The van der Waals surface area contributed by atoms with Gasteiger partial charge in [-0.2, -0.15) is 0 Å². The number of ketones is 1. The lowest BCUT2D eigenvalue weighted by atomic mass is 9.94. The van der Waals surface area contributed by atoms with E-state index < -0.39 is 0 Å². The molecule has 92 valence electrons. The molecule has 0 spiro atoms. The molecule has 0 aliphatic carbocycles. The highest BCUT2D eigenvalue weighted by molar-refractivity contribution is 5.90. The fourth-order valence-corrected chi connectivity index (χ4v) is 2.36. The molecule has 0 aromatic heterocycles. The maximum absolute atomic E-state index is 11.7. The summed E-state index contributed by atoms with van der Waals surface area (Å²) in [7, 11) is 0. The molecule has 0 fully saturated rings. The van der Waals surface area contributed by atoms with Crippen molar-refractivity contribution in [3.8, 4) is 0 Å². The molecule has 17 heavy (non-hydrogen) atoms. The van der Waals surface area contributed by atoms with Crippen LogP contribution in [0.4, 0.5) is 5.69 Å². The fourth-order valence-electron chi connectivity index (χ4n) is 2.36. The number of carbonyl (C=O) groups excluding carboxylic acids is 1. The van der Waals surface area contributed by atoms with Crippen molar-refractivity contribution >= 4 is 11.5 Å². The Morgan fingerprint density at radius 3 is 2.47 bits per heavy atom. The molecular formula is C15H21NO. The Bertz CT molecular complexity index is 435. The van der Waals surface area contributed by atoms with Gasteiger partial charge in [-0.15, -0.1) is 0 Å². The zero-order valence-electron chi connectivity index (χ0n) is 11.2. The molecule has 1 aromatic rings. The molecule has 2 nitrogen and oxygen atoms in total. The van der Waals surface area contributed by atoms with Gasteiger partial charge in [0, 0.05) is 18.2 Å². The number of fused-ring (bicyclic) bond motifs is 1. The van der Waals surface area contributed by atoms with E-state index in [2.05, 4.69) is 50.8 Å². The highest BCUT2D eigenvalue weighted by Gasteiger charge is 2.24. The van der Waals surface area contributed by atoms with Crippen LogP contribution < -0.4 is 4.90 Å². The number of rotatable bonds is 2. The van der Waals surface area contributed by atoms with Gasteiger partial charge in [-0.05, 0) is 37.0 Å². The first-order valence-electron chi connectivity index (χ1n) is 6.40. The van der Waals surface area contributed by atoms with Gasteiger partial charge in [-0.3, -0.25) is 4.79 Å². The van der Waals surface area contributed by atoms with Crippen LogP contribution in [0.5, 0.6) is 0 Å². The lowest BCUT2D eigenvalue weighted by Gasteiger charge is -2.34. The summed E-state index contributed by atoms with van der Waals surface area (Å²) in [6, 6.07) is 6.91. The van der Waals surface area contributed by atoms with Crippen molar-refractivity contribution in [1.29, 1.82) is 0 Å². The van der Waals surface area contributed by atoms with Gasteiger partial charge >= 0.3 is 0 Å². The van der Waals surface area contributed by atoms with Crippen molar-refractivity contribution in [2.75, 3.05) is 11.4 Å². The third-order valence-corrected chi connectivity index (χ3v) is 3.44. The Kier molecular flexibility index (Phi) is 3.23. The van der Waals surface area contributed by atoms with E-state index in [-0.39, 0.29) is 0 Å². The Morgan fingerprint density at radius 1 is 1.18 bits per heavy atom. The first-order valence-corrected chi connectivity index (χ1v) is 6.40. The molecule has 0 saturated heterocycles. The second-order valence-electron chi connectivity index (χ2n) is 5.48. The predicted octanol–water partition coefficient (Wildman–Crippen LogP) is 3.15. The van der Waals surface area contributed by atoms with Gasteiger partial charge in [0.25, 0.3) is 0 Å². The van der Waals surface area contributed by atoms with Crippen LogP contribution in [0.1, 0.15) is 44.7 Å². The van der Waals surface area contributed by atoms with E-state index in [1.807, 2.05) is 0 Å². The van der Waals surface area contributed by atoms with Crippen LogP contribution in [-0.4, -0.2) is 18.4 Å². The van der Waals surface area contributed by atoms with Crippen molar-refractivity contribution < 1.29 is 4.79 Å². The molecule has 1 aliphatic rings. The number of Topliss-reactive ketones (excluding diaryl/α,β-unsaturated/α-hetero) is 1. The molecule has 0 radical (unpaired) electrons. The largest absolute Gasteiger partial charge is 0.362 e. The van der Waals surface area contributed by atoms with Gasteiger partial charge in [0.2, 0.25) is 0 Å². The number of nitrogens with zero attached hydrogens (tertiary/aromatic N) is 1. The SMILES string of the molecule is CC(C)c1ccc2c(c1)N(C(C)C)CC(=O)C2. The summed E-state index contributed by atoms with van der Waals surface area (Å²) in [5.41, 5.74) is 3.79. The van der Waals surface area contributed by atoms with E-state index in [4.69, 9.17) is 0 Å². The van der Waals surface area contributed by atoms with Crippen molar-refractivity contribution in [3.05, 3.63) is 29.3 Å². The molecule has 0 N–H and O–H groups in total. The average Bonchev–Trinajstić information content (AvgIpc) is 2.26. The third-order valence-electron chi connectivity index (χ3n) is 3.44. The van der Waals surface area contributed by atoms with Crippen molar-refractivity contribution in [1.82, 2.24) is 0 Å². The Morgan fingerprint density at radius 2 is 1.88 bits per heavy atom. The Hall–Kier alpha value is -1.31. The zero-order valence-corrected chi connectivity index (χ0v) is 11.2. The van der Waals surface area contributed by atoms with Gasteiger partial charge < -0.3 is 4.90 Å². The lowest BCUT2D eigenvalue weighted by molar-refractivity contribution is -0.117. The van der Waals surface area contributed by atoms with Crippen molar-refractivity contribution in [2.45, 2.75) is 46.1 Å². The standard InChI is InChI=1S/C15H21NO/c1-10(2)12-5-6-13-7-14(17)9-16(11(3)4)15(13)8-12/h5-6,8,10-11H,7,9H2,1-4H3. The maximum Gasteiger partial charge on any atom is 0.156 e. The number of carbonyl (C=O) groups is 1. The first kappa shape index (κ1) is 12.2. The molecule has 1 aromatic carbocycles. The summed E-state index contributed by atoms with van der Waals surface area (Å²) in [4.78, 5) is 13.9. The molecule has 1 heterocycles. The van der Waals surface area contributed by atoms with E-state index in [1.54, 1.807) is 0 Å². The maximum atomic E-state index is 11.7. The summed E-state index contributed by atoms with van der Waals surface area (Å²) in [5, 5.41) is 0. The smallest absolute Gasteiger partial charge is 0.156 e. The topological polar surface area (TPSA) is 20.3 Å². The van der Waals surface area contributed by atoms with E-state index in [9.17, 15) is 4.79 Å². The normalized spacial score (nSPS) is 15.6. The fraction of sp³-hybridized carbons (Fsp3) is 0.533. The van der Waals surface area contributed by atoms with Crippen LogP contribution >= 0.6 is 0 Å². The minimum absolute atomic E-state index is 0.323. The summed E-state index contributed by atoms with van der Waals surface area (Å²) < 4.78 is 0. The number of hydrogen-bond donors (Lipinski definition) is 0. The average molecular weight is 231 g/mol. The van der Waals surface area contributed by atoms with Gasteiger partial charge in [0.15, 0.2) is 5.78 Å². The number of hydrogen-bond acceptors (Lipinski definition) is 2. The first-order chi connectivity index (χ1) is 7.99. The highest BCUT2D eigenvalue weighted by atomic mass is 16.1. The summed E-state index contributed by atoms with van der Waals surface area (Å²) >= 11 is 0. The van der Waals surface area contributed by atoms with Crippen LogP contribution in [0.3, 0.4) is 0 Å². The van der Waals surface area contributed by atoms with E-state index in [0.717, 1.165) is 0 Å². The second-order valence-corrected chi connectivity index (χ2v) is 5.48.